The third-order valence-corrected chi connectivity index (χ3v) is 1.62. The zero-order valence-electron chi connectivity index (χ0n) is 4.33. The lowest BCUT2D eigenvalue weighted by Crippen LogP contribution is -2.25. The van der Waals surface area contributed by atoms with Gasteiger partial charge in [0.05, 0.1) is 4.58 Å². The summed E-state index contributed by atoms with van der Waals surface area (Å²) in [6, 6.07) is 0.131. The van der Waals surface area contributed by atoms with Gasteiger partial charge in [-0.1, -0.05) is 6.92 Å². The highest BCUT2D eigenvalue weighted by Crippen LogP contribution is 2.05. The van der Waals surface area contributed by atoms with Gasteiger partial charge in [-0.2, -0.15) is 25.3 Å². The highest BCUT2D eigenvalue weighted by Gasteiger charge is 2.03. The van der Waals surface area contributed by atoms with Crippen molar-refractivity contribution in [1.29, 1.82) is 0 Å². The van der Waals surface area contributed by atoms with E-state index in [0.29, 0.717) is 0 Å². The highest BCUT2D eigenvalue weighted by molar-refractivity contribution is 7.99. The molecule has 0 spiro atoms. The number of hydrogen-bond acceptors (Lipinski definition) is 3. The number of rotatable bonds is 2. The van der Waals surface area contributed by atoms with Crippen LogP contribution in [-0.4, -0.2) is 10.6 Å². The minimum absolute atomic E-state index is 0.0324. The molecule has 0 heterocycles. The van der Waals surface area contributed by atoms with E-state index in [9.17, 15) is 0 Å². The average molecular weight is 137 g/mol. The Morgan fingerprint density at radius 2 is 2.00 bits per heavy atom. The molecule has 1 nitrogen and oxygen atoms in total. The van der Waals surface area contributed by atoms with Crippen LogP contribution in [0.4, 0.5) is 0 Å². The Kier molecular flexibility index (Phi) is 3.98. The molecule has 0 aromatic carbocycles. The molecule has 0 saturated heterocycles. The summed E-state index contributed by atoms with van der Waals surface area (Å²) < 4.78 is 0.0324. The van der Waals surface area contributed by atoms with Gasteiger partial charge < -0.3 is 5.73 Å². The van der Waals surface area contributed by atoms with Gasteiger partial charge in [0.25, 0.3) is 0 Å². The molecule has 0 aliphatic heterocycles. The fraction of sp³-hybridized carbons (Fsp3) is 1.00. The third kappa shape index (κ3) is 3.26. The van der Waals surface area contributed by atoms with Crippen LogP contribution in [0.2, 0.25) is 0 Å². The van der Waals surface area contributed by atoms with E-state index in [0.717, 1.165) is 6.42 Å². The summed E-state index contributed by atoms with van der Waals surface area (Å²) in [5, 5.41) is 0. The Labute approximate surface area is 55.5 Å². The number of hydrogen-bond donors (Lipinski definition) is 3. The molecule has 0 aliphatic rings. The van der Waals surface area contributed by atoms with Gasteiger partial charge in [0.1, 0.15) is 0 Å². The Morgan fingerprint density at radius 3 is 2.00 bits per heavy atom. The summed E-state index contributed by atoms with van der Waals surface area (Å²) in [6.45, 7) is 2.02. The summed E-state index contributed by atoms with van der Waals surface area (Å²) in [4.78, 5) is 0. The smallest absolute Gasteiger partial charge is 0.0592 e. The van der Waals surface area contributed by atoms with Crippen LogP contribution in [0.1, 0.15) is 13.3 Å². The Balaban J connectivity index is 3.14. The molecule has 3 heteroatoms. The normalized spacial score (nSPS) is 15.0. The fourth-order valence-corrected chi connectivity index (χ4v) is 0.632. The van der Waals surface area contributed by atoms with E-state index in [2.05, 4.69) is 25.3 Å². The first-order valence-electron chi connectivity index (χ1n) is 2.30. The topological polar surface area (TPSA) is 26.0 Å². The monoisotopic (exact) mass is 137 g/mol. The summed E-state index contributed by atoms with van der Waals surface area (Å²) >= 11 is 8.02. The van der Waals surface area contributed by atoms with E-state index in [-0.39, 0.29) is 10.6 Å². The van der Waals surface area contributed by atoms with Crippen molar-refractivity contribution in [3.63, 3.8) is 0 Å². The van der Waals surface area contributed by atoms with E-state index in [4.69, 9.17) is 5.73 Å². The van der Waals surface area contributed by atoms with Crippen molar-refractivity contribution in [2.75, 3.05) is 0 Å². The van der Waals surface area contributed by atoms with Gasteiger partial charge in [0, 0.05) is 6.04 Å². The van der Waals surface area contributed by atoms with Crippen molar-refractivity contribution in [1.82, 2.24) is 0 Å². The molecule has 0 aliphatic carbocycles. The zero-order valence-corrected chi connectivity index (χ0v) is 6.12. The molecule has 0 aromatic rings. The Bertz CT molecular complexity index is 47.0. The largest absolute Gasteiger partial charge is 0.326 e. The van der Waals surface area contributed by atoms with Crippen LogP contribution in [0.3, 0.4) is 0 Å². The van der Waals surface area contributed by atoms with Gasteiger partial charge in [0.15, 0.2) is 0 Å². The van der Waals surface area contributed by atoms with E-state index >= 15 is 0 Å². The van der Waals surface area contributed by atoms with Crippen LogP contribution in [0.5, 0.6) is 0 Å². The molecule has 0 fully saturated rings. The lowest BCUT2D eigenvalue weighted by atomic mass is 10.3. The first-order valence-corrected chi connectivity index (χ1v) is 3.33. The van der Waals surface area contributed by atoms with Gasteiger partial charge in [-0.15, -0.1) is 0 Å². The molecule has 0 rings (SSSR count). The van der Waals surface area contributed by atoms with Gasteiger partial charge in [-0.3, -0.25) is 0 Å². The van der Waals surface area contributed by atoms with Crippen molar-refractivity contribution in [3.05, 3.63) is 0 Å². The predicted octanol–water partition coefficient (Wildman–Crippen LogP) is 0.909. The zero-order chi connectivity index (χ0) is 5.86. The first kappa shape index (κ1) is 7.66. The van der Waals surface area contributed by atoms with Crippen LogP contribution < -0.4 is 5.73 Å². The molecule has 0 saturated carbocycles. The molecular formula is C4H11NS2. The molecule has 1 unspecified atom stereocenters. The van der Waals surface area contributed by atoms with Gasteiger partial charge >= 0.3 is 0 Å². The quantitative estimate of drug-likeness (QED) is 0.383. The van der Waals surface area contributed by atoms with E-state index in [1.807, 2.05) is 6.92 Å². The fourth-order valence-electron chi connectivity index (χ4n) is 0.211. The molecule has 0 bridgehead atoms. The molecule has 1 atom stereocenters. The van der Waals surface area contributed by atoms with E-state index < -0.39 is 0 Å². The number of nitrogens with two attached hydrogens (primary N) is 1. The van der Waals surface area contributed by atoms with Crippen LogP contribution in [0, 0.1) is 0 Å². The second kappa shape index (κ2) is 3.64. The lowest BCUT2D eigenvalue weighted by Gasteiger charge is -2.09. The maximum Gasteiger partial charge on any atom is 0.0592 e. The highest BCUT2D eigenvalue weighted by atomic mass is 32.2. The summed E-state index contributed by atoms with van der Waals surface area (Å²) in [6.07, 6.45) is 0.942. The van der Waals surface area contributed by atoms with Crippen LogP contribution >= 0.6 is 25.3 Å². The minimum atomic E-state index is 0.0324. The third-order valence-electron chi connectivity index (χ3n) is 0.854. The van der Waals surface area contributed by atoms with Crippen LogP contribution in [0.25, 0.3) is 0 Å². The second-order valence-electron chi connectivity index (χ2n) is 1.49. The molecule has 7 heavy (non-hydrogen) atoms. The summed E-state index contributed by atoms with van der Waals surface area (Å²) in [7, 11) is 0. The van der Waals surface area contributed by atoms with Crippen molar-refractivity contribution in [3.8, 4) is 0 Å². The van der Waals surface area contributed by atoms with Crippen molar-refractivity contribution >= 4 is 25.3 Å². The lowest BCUT2D eigenvalue weighted by molar-refractivity contribution is 0.707. The van der Waals surface area contributed by atoms with E-state index in [1.54, 1.807) is 0 Å². The van der Waals surface area contributed by atoms with Crippen molar-refractivity contribution < 1.29 is 0 Å². The van der Waals surface area contributed by atoms with Crippen molar-refractivity contribution in [2.24, 2.45) is 5.73 Å². The standard InChI is InChI=1S/C4H11NS2/c1-2-3(5)4(6)7/h3-4,6-7H,2,5H2,1H3. The van der Waals surface area contributed by atoms with Crippen molar-refractivity contribution in [2.45, 2.75) is 24.0 Å². The predicted molar refractivity (Wildman–Crippen MR) is 40.0 cm³/mol. The molecule has 2 N–H and O–H groups in total. The second-order valence-corrected chi connectivity index (χ2v) is 3.01. The van der Waals surface area contributed by atoms with Gasteiger partial charge in [-0.05, 0) is 6.42 Å². The number of thiol groups is 2. The van der Waals surface area contributed by atoms with E-state index in [1.165, 1.54) is 0 Å². The van der Waals surface area contributed by atoms with Gasteiger partial charge in [-0.25, -0.2) is 0 Å². The first-order chi connectivity index (χ1) is 3.18. The average Bonchev–Trinajstić information content (AvgIpc) is 1.65. The molecule has 0 amide bonds. The SMILES string of the molecule is CCC(N)C(S)S. The summed E-state index contributed by atoms with van der Waals surface area (Å²) in [5.74, 6) is 0. The van der Waals surface area contributed by atoms with Crippen LogP contribution in [-0.2, 0) is 0 Å². The molecule has 0 radical (unpaired) electrons. The minimum Gasteiger partial charge on any atom is -0.326 e. The molecule has 44 valence electrons. The maximum atomic E-state index is 5.46. The Hall–Kier alpha value is 0.660. The Morgan fingerprint density at radius 1 is 1.57 bits per heavy atom. The summed E-state index contributed by atoms with van der Waals surface area (Å²) in [5.41, 5.74) is 5.46. The molecule has 0 aromatic heterocycles. The van der Waals surface area contributed by atoms with Gasteiger partial charge in [0.2, 0.25) is 0 Å². The molecular weight excluding hydrogens is 126 g/mol. The van der Waals surface area contributed by atoms with Crippen LogP contribution in [0.15, 0.2) is 0 Å². The maximum absolute atomic E-state index is 5.46.